The molecule has 0 spiro atoms. The lowest BCUT2D eigenvalue weighted by Gasteiger charge is -2.24. The lowest BCUT2D eigenvalue weighted by molar-refractivity contribution is 0.188. The van der Waals surface area contributed by atoms with Gasteiger partial charge in [0.1, 0.15) is 6.10 Å². The largest absolute Gasteiger partial charge is 0.385 e. The summed E-state index contributed by atoms with van der Waals surface area (Å²) in [4.78, 5) is 0. The first kappa shape index (κ1) is 14.5. The van der Waals surface area contributed by atoms with Crippen LogP contribution in [0.2, 0.25) is 5.02 Å². The van der Waals surface area contributed by atoms with Crippen LogP contribution in [0.4, 0.5) is 0 Å². The summed E-state index contributed by atoms with van der Waals surface area (Å²) in [7, 11) is -3.59. The third kappa shape index (κ3) is 3.01. The zero-order chi connectivity index (χ0) is 12.6. The van der Waals surface area contributed by atoms with Crippen molar-refractivity contribution in [2.24, 2.45) is 0 Å². The average molecular weight is 395 g/mol. The minimum Gasteiger partial charge on any atom is -0.385 e. The van der Waals surface area contributed by atoms with Crippen molar-refractivity contribution in [3.05, 3.63) is 34.9 Å². The van der Waals surface area contributed by atoms with E-state index in [9.17, 15) is 13.5 Å². The highest BCUT2D eigenvalue weighted by atomic mass is 127. The number of benzene rings is 1. The van der Waals surface area contributed by atoms with Gasteiger partial charge in [-0.25, -0.2) is 8.42 Å². The number of hydrogen-bond donors (Lipinski definition) is 1. The Morgan fingerprint density at radius 2 is 1.81 bits per heavy atom. The number of rotatable bonds is 3. The number of aliphatic hydroxyl groups is 1. The summed E-state index contributed by atoms with van der Waals surface area (Å²) >= 11 is 13.1. The van der Waals surface area contributed by atoms with Crippen molar-refractivity contribution in [2.45, 2.75) is 8.32 Å². The molecule has 0 aromatic heterocycles. The fraction of sp³-hybridized carbons (Fsp3) is 0.333. The van der Waals surface area contributed by atoms with Crippen molar-refractivity contribution in [3.63, 3.8) is 0 Å². The Labute approximate surface area is 118 Å². The van der Waals surface area contributed by atoms with E-state index in [4.69, 9.17) is 23.2 Å². The monoisotopic (exact) mass is 394 g/mol. The van der Waals surface area contributed by atoms with E-state index in [0.717, 1.165) is 6.26 Å². The van der Waals surface area contributed by atoms with E-state index in [1.807, 2.05) is 0 Å². The van der Waals surface area contributed by atoms with Crippen LogP contribution in [-0.4, -0.2) is 22.0 Å². The molecule has 0 radical (unpaired) electrons. The van der Waals surface area contributed by atoms with Crippen LogP contribution >= 0.6 is 45.8 Å². The Morgan fingerprint density at radius 3 is 2.19 bits per heavy atom. The van der Waals surface area contributed by atoms with Gasteiger partial charge in [0.2, 0.25) is 2.21 Å². The fourth-order valence-corrected chi connectivity index (χ4v) is 2.20. The molecule has 1 aromatic carbocycles. The Balaban J connectivity index is 3.12. The minimum absolute atomic E-state index is 0.402. The molecule has 0 heterocycles. The van der Waals surface area contributed by atoms with Crippen LogP contribution in [0.3, 0.4) is 0 Å². The van der Waals surface area contributed by atoms with Gasteiger partial charge in [-0.15, -0.1) is 0 Å². The Bertz CT molecular complexity index is 470. The lowest BCUT2D eigenvalue weighted by atomic mass is 10.1. The van der Waals surface area contributed by atoms with E-state index >= 15 is 0 Å². The maximum Gasteiger partial charge on any atom is 0.224 e. The molecule has 0 amide bonds. The van der Waals surface area contributed by atoms with Gasteiger partial charge in [0, 0.05) is 11.3 Å². The standard InChI is InChI=1S/C9H9Cl2IO3S/c1-16(14,15)9(11,12)8(13)6-2-4-7(10)5-3-6/h2-5,8,13H,1H3/t8-,9+/m0/s1. The van der Waals surface area contributed by atoms with E-state index < -0.39 is 18.2 Å². The summed E-state index contributed by atoms with van der Waals surface area (Å²) < 4.78 is 21.0. The molecule has 1 N–H and O–H groups in total. The van der Waals surface area contributed by atoms with Crippen LogP contribution in [-0.2, 0) is 9.84 Å². The molecule has 1 rings (SSSR count). The molecule has 0 fully saturated rings. The maximum atomic E-state index is 11.4. The van der Waals surface area contributed by atoms with Gasteiger partial charge in [-0.3, -0.25) is 0 Å². The molecule has 3 nitrogen and oxygen atoms in total. The van der Waals surface area contributed by atoms with Crippen LogP contribution < -0.4 is 0 Å². The Morgan fingerprint density at radius 1 is 1.38 bits per heavy atom. The van der Waals surface area contributed by atoms with Crippen molar-refractivity contribution in [2.75, 3.05) is 6.26 Å². The first-order valence-corrected chi connectivity index (χ1v) is 7.90. The molecular formula is C9H9Cl2IO3S. The molecule has 0 aliphatic carbocycles. The third-order valence-electron chi connectivity index (χ3n) is 2.00. The third-order valence-corrected chi connectivity index (χ3v) is 7.50. The molecule has 90 valence electrons. The summed E-state index contributed by atoms with van der Waals surface area (Å²) in [6.45, 7) is 0. The maximum absolute atomic E-state index is 11.4. The molecular weight excluding hydrogens is 386 g/mol. The van der Waals surface area contributed by atoms with Gasteiger partial charge in [0.25, 0.3) is 0 Å². The number of sulfone groups is 1. The number of aliphatic hydroxyl groups excluding tert-OH is 1. The first-order chi connectivity index (χ1) is 7.16. The fourth-order valence-electron chi connectivity index (χ4n) is 1.04. The predicted molar refractivity (Wildman–Crippen MR) is 73.9 cm³/mol. The summed E-state index contributed by atoms with van der Waals surface area (Å²) in [5.41, 5.74) is 0.402. The molecule has 1 aromatic rings. The van der Waals surface area contributed by atoms with Gasteiger partial charge >= 0.3 is 0 Å². The van der Waals surface area contributed by atoms with E-state index in [1.165, 1.54) is 34.7 Å². The van der Waals surface area contributed by atoms with Crippen LogP contribution in [0.1, 0.15) is 11.7 Å². The molecule has 0 aliphatic heterocycles. The molecule has 16 heavy (non-hydrogen) atoms. The lowest BCUT2D eigenvalue weighted by Crippen LogP contribution is -2.31. The van der Waals surface area contributed by atoms with Crippen LogP contribution in [0, 0.1) is 0 Å². The van der Waals surface area contributed by atoms with E-state index in [2.05, 4.69) is 0 Å². The van der Waals surface area contributed by atoms with Gasteiger partial charge in [-0.2, -0.15) is 0 Å². The van der Waals surface area contributed by atoms with Crippen LogP contribution in [0.15, 0.2) is 24.3 Å². The molecule has 0 aliphatic rings. The SMILES string of the molecule is CS(=O)(=O)[C@](Cl)(I)[C@@H](O)c1ccc(Cl)cc1. The molecule has 0 saturated carbocycles. The molecule has 0 unspecified atom stereocenters. The van der Waals surface area contributed by atoms with Crippen molar-refractivity contribution in [1.82, 2.24) is 0 Å². The second-order valence-corrected chi connectivity index (χ2v) is 9.80. The molecule has 7 heteroatoms. The second kappa shape index (κ2) is 4.97. The van der Waals surface area contributed by atoms with Crippen molar-refractivity contribution in [1.29, 1.82) is 0 Å². The molecule has 2 atom stereocenters. The zero-order valence-corrected chi connectivity index (χ0v) is 12.7. The van der Waals surface area contributed by atoms with Gasteiger partial charge in [0.15, 0.2) is 9.84 Å². The summed E-state index contributed by atoms with van der Waals surface area (Å²) in [6.07, 6.45) is -0.340. The first-order valence-electron chi connectivity index (χ1n) is 4.17. The highest BCUT2D eigenvalue weighted by Gasteiger charge is 2.43. The normalized spacial score (nSPS) is 17.8. The van der Waals surface area contributed by atoms with E-state index in [1.54, 1.807) is 12.1 Å². The van der Waals surface area contributed by atoms with Crippen molar-refractivity contribution in [3.8, 4) is 0 Å². The van der Waals surface area contributed by atoms with Gasteiger partial charge in [-0.1, -0.05) is 35.3 Å². The quantitative estimate of drug-likeness (QED) is 0.633. The highest BCUT2D eigenvalue weighted by molar-refractivity contribution is 14.1. The highest BCUT2D eigenvalue weighted by Crippen LogP contribution is 2.42. The number of hydrogen-bond acceptors (Lipinski definition) is 3. The molecule has 0 bridgehead atoms. The van der Waals surface area contributed by atoms with Gasteiger partial charge in [-0.05, 0) is 40.3 Å². The second-order valence-electron chi connectivity index (χ2n) is 3.29. The average Bonchev–Trinajstić information content (AvgIpc) is 2.16. The van der Waals surface area contributed by atoms with E-state index in [0.29, 0.717) is 10.6 Å². The van der Waals surface area contributed by atoms with Gasteiger partial charge < -0.3 is 5.11 Å². The van der Waals surface area contributed by atoms with Crippen molar-refractivity contribution >= 4 is 55.6 Å². The topological polar surface area (TPSA) is 54.4 Å². The Kier molecular flexibility index (Phi) is 4.51. The zero-order valence-electron chi connectivity index (χ0n) is 8.19. The van der Waals surface area contributed by atoms with Crippen LogP contribution in [0.5, 0.6) is 0 Å². The van der Waals surface area contributed by atoms with Gasteiger partial charge in [0.05, 0.1) is 0 Å². The number of halogens is 3. The van der Waals surface area contributed by atoms with E-state index in [-0.39, 0.29) is 0 Å². The summed E-state index contributed by atoms with van der Waals surface area (Å²) in [5, 5.41) is 10.4. The predicted octanol–water partition coefficient (Wildman–Crippen LogP) is 2.75. The summed E-state index contributed by atoms with van der Waals surface area (Å²) in [6, 6.07) is 6.19. The molecule has 0 saturated heterocycles. The Hall–Kier alpha value is 0.440. The van der Waals surface area contributed by atoms with Crippen molar-refractivity contribution < 1.29 is 13.5 Å². The smallest absolute Gasteiger partial charge is 0.224 e. The minimum atomic E-state index is -3.59. The number of alkyl halides is 2. The summed E-state index contributed by atoms with van der Waals surface area (Å²) in [5.74, 6) is 0. The van der Waals surface area contributed by atoms with Crippen LogP contribution in [0.25, 0.3) is 0 Å².